The second-order valence-electron chi connectivity index (χ2n) is 8.01. The van der Waals surface area contributed by atoms with Gasteiger partial charge in [-0.3, -0.25) is 14.9 Å². The number of aromatic carboxylic acids is 1. The predicted octanol–water partition coefficient (Wildman–Crippen LogP) is 3.81. The molecule has 0 radical (unpaired) electrons. The summed E-state index contributed by atoms with van der Waals surface area (Å²) in [5.41, 5.74) is -2.41. The Kier molecular flexibility index (Phi) is 6.88. The first-order valence-electron chi connectivity index (χ1n) is 10.7. The van der Waals surface area contributed by atoms with Crippen molar-refractivity contribution in [2.75, 3.05) is 5.32 Å². The number of halogens is 3. The molecule has 2 aromatic carbocycles. The zero-order valence-corrected chi connectivity index (χ0v) is 19.1. The smallest absolute Gasteiger partial charge is 0.418 e. The number of hydrogen-bond acceptors (Lipinski definition) is 6. The lowest BCUT2D eigenvalue weighted by molar-refractivity contribution is -0.137. The molecule has 1 amide bonds. The molecule has 0 aliphatic heterocycles. The van der Waals surface area contributed by atoms with Crippen LogP contribution >= 0.6 is 0 Å². The number of rotatable bonds is 7. The van der Waals surface area contributed by atoms with Crippen molar-refractivity contribution in [3.05, 3.63) is 87.7 Å². The van der Waals surface area contributed by atoms with Gasteiger partial charge in [0.25, 0.3) is 5.56 Å². The van der Waals surface area contributed by atoms with Crippen LogP contribution in [0.2, 0.25) is 0 Å². The van der Waals surface area contributed by atoms with Crippen LogP contribution in [0.15, 0.2) is 59.8 Å². The molecule has 0 spiro atoms. The van der Waals surface area contributed by atoms with Crippen LogP contribution in [0.1, 0.15) is 27.2 Å². The number of carboxylic acids is 2. The van der Waals surface area contributed by atoms with Crippen LogP contribution in [0.25, 0.3) is 16.6 Å². The van der Waals surface area contributed by atoms with Crippen molar-refractivity contribution < 1.29 is 42.5 Å². The van der Waals surface area contributed by atoms with E-state index in [4.69, 9.17) is 14.9 Å². The van der Waals surface area contributed by atoms with E-state index in [-0.39, 0.29) is 29.6 Å². The lowest BCUT2D eigenvalue weighted by atomic mass is 10.1. The van der Waals surface area contributed by atoms with Gasteiger partial charge >= 0.3 is 24.2 Å². The van der Waals surface area contributed by atoms with Crippen LogP contribution in [0.4, 0.5) is 23.7 Å². The normalized spacial score (nSPS) is 11.3. The van der Waals surface area contributed by atoms with Crippen molar-refractivity contribution in [3.63, 3.8) is 0 Å². The van der Waals surface area contributed by atoms with Crippen LogP contribution in [0.5, 0.6) is 0 Å². The number of carbonyl (C=O) groups excluding carboxylic acids is 1. The Morgan fingerprint density at radius 3 is 2.42 bits per heavy atom. The molecule has 4 aromatic rings. The molecule has 4 rings (SSSR count). The van der Waals surface area contributed by atoms with E-state index in [0.717, 1.165) is 23.0 Å². The summed E-state index contributed by atoms with van der Waals surface area (Å²) in [6.07, 6.45) is -3.62. The van der Waals surface area contributed by atoms with Gasteiger partial charge < -0.3 is 24.5 Å². The number of fused-ring (bicyclic) bond motifs is 1. The number of ether oxygens (including phenoxy) is 1. The Balaban J connectivity index is 1.53. The summed E-state index contributed by atoms with van der Waals surface area (Å²) >= 11 is 0. The number of nitrogens with zero attached hydrogens (tertiary/aromatic N) is 2. The Morgan fingerprint density at radius 2 is 1.79 bits per heavy atom. The predicted molar refractivity (Wildman–Crippen MR) is 125 cm³/mol. The highest BCUT2D eigenvalue weighted by atomic mass is 19.4. The molecule has 196 valence electrons. The van der Waals surface area contributed by atoms with Gasteiger partial charge in [0.2, 0.25) is 0 Å². The third-order valence-electron chi connectivity index (χ3n) is 5.32. The molecule has 2 aromatic heterocycles. The first-order chi connectivity index (χ1) is 17.9. The molecular weight excluding hydrogens is 513 g/mol. The van der Waals surface area contributed by atoms with Gasteiger partial charge in [-0.15, -0.1) is 0 Å². The summed E-state index contributed by atoms with van der Waals surface area (Å²) in [4.78, 5) is 52.1. The number of aromatic amines is 1. The van der Waals surface area contributed by atoms with Gasteiger partial charge in [-0.2, -0.15) is 13.2 Å². The van der Waals surface area contributed by atoms with Crippen LogP contribution in [0.3, 0.4) is 0 Å². The number of carbonyl (C=O) groups is 3. The Morgan fingerprint density at radius 1 is 1.08 bits per heavy atom. The van der Waals surface area contributed by atoms with Crippen molar-refractivity contribution in [1.82, 2.24) is 14.5 Å². The second kappa shape index (κ2) is 10.1. The van der Waals surface area contributed by atoms with E-state index >= 15 is 0 Å². The zero-order valence-electron chi connectivity index (χ0n) is 19.1. The van der Waals surface area contributed by atoms with Crippen LogP contribution in [-0.2, 0) is 28.7 Å². The summed E-state index contributed by atoms with van der Waals surface area (Å²) in [7, 11) is 0. The van der Waals surface area contributed by atoms with Crippen molar-refractivity contribution in [2.24, 2.45) is 0 Å². The lowest BCUT2D eigenvalue weighted by Crippen LogP contribution is -2.18. The maximum Gasteiger partial charge on any atom is 0.418 e. The summed E-state index contributed by atoms with van der Waals surface area (Å²) in [5, 5.41) is 20.4. The molecule has 2 heterocycles. The van der Waals surface area contributed by atoms with E-state index in [2.05, 4.69) is 15.3 Å². The standard InChI is InChI=1S/C24H17F3N4O7/c25-24(26,27)17-8-18-13(6-16(22(35)36)21(34)30-18)7-19(17)31-9-15(28-11-31)10-38-23(37)29-14-3-1-12(2-4-14)5-20(32)33/h1-4,6-9,11H,5,10H2,(H,29,37)(H,30,34)(H,32,33)(H,35,36). The van der Waals surface area contributed by atoms with Gasteiger partial charge in [0, 0.05) is 22.8 Å². The average molecular weight is 530 g/mol. The molecule has 0 saturated carbocycles. The van der Waals surface area contributed by atoms with E-state index in [9.17, 15) is 32.3 Å². The highest BCUT2D eigenvalue weighted by Gasteiger charge is 2.35. The van der Waals surface area contributed by atoms with E-state index in [1.807, 2.05) is 0 Å². The minimum Gasteiger partial charge on any atom is -0.481 e. The van der Waals surface area contributed by atoms with Crippen LogP contribution in [-0.4, -0.2) is 42.8 Å². The van der Waals surface area contributed by atoms with Crippen LogP contribution in [0, 0.1) is 0 Å². The average Bonchev–Trinajstić information content (AvgIpc) is 3.31. The summed E-state index contributed by atoms with van der Waals surface area (Å²) in [6.45, 7) is -0.388. The fourth-order valence-corrected chi connectivity index (χ4v) is 3.59. The largest absolute Gasteiger partial charge is 0.481 e. The van der Waals surface area contributed by atoms with Gasteiger partial charge in [0.15, 0.2) is 0 Å². The number of alkyl halides is 3. The third-order valence-corrected chi connectivity index (χ3v) is 5.32. The summed E-state index contributed by atoms with van der Waals surface area (Å²) in [5.74, 6) is -2.54. The fourth-order valence-electron chi connectivity index (χ4n) is 3.59. The molecule has 38 heavy (non-hydrogen) atoms. The Bertz CT molecular complexity index is 1610. The molecule has 0 fully saturated rings. The maximum atomic E-state index is 13.8. The number of aromatic nitrogens is 3. The van der Waals surface area contributed by atoms with Crippen molar-refractivity contribution in [3.8, 4) is 5.69 Å². The molecule has 0 aliphatic carbocycles. The number of hydrogen-bond donors (Lipinski definition) is 4. The van der Waals surface area contributed by atoms with Crippen LogP contribution < -0.4 is 10.9 Å². The highest BCUT2D eigenvalue weighted by molar-refractivity contribution is 5.93. The number of benzene rings is 2. The number of H-pyrrole nitrogens is 1. The molecule has 0 saturated heterocycles. The Hall–Kier alpha value is -5.14. The van der Waals surface area contributed by atoms with Crippen molar-refractivity contribution >= 4 is 34.6 Å². The fraction of sp³-hybridized carbons (Fsp3) is 0.125. The SMILES string of the molecule is O=C(O)Cc1ccc(NC(=O)OCc2cn(-c3cc4cc(C(=O)O)c(=O)[nH]c4cc3C(F)(F)F)cn2)cc1. The second-order valence-corrected chi connectivity index (χ2v) is 8.01. The number of anilines is 1. The topological polar surface area (TPSA) is 164 Å². The van der Waals surface area contributed by atoms with Crippen molar-refractivity contribution in [1.29, 1.82) is 0 Å². The number of amides is 1. The third kappa shape index (κ3) is 5.80. The number of pyridine rings is 1. The summed E-state index contributed by atoms with van der Waals surface area (Å²) < 4.78 is 47.5. The minimum atomic E-state index is -4.83. The molecule has 4 N–H and O–H groups in total. The number of aliphatic carboxylic acids is 1. The van der Waals surface area contributed by atoms with Gasteiger partial charge in [0.05, 0.1) is 29.7 Å². The molecular formula is C24H17F3N4O7. The van der Waals surface area contributed by atoms with E-state index in [1.165, 1.54) is 30.5 Å². The van der Waals surface area contributed by atoms with Gasteiger partial charge in [-0.05, 0) is 35.9 Å². The maximum absolute atomic E-state index is 13.8. The molecule has 14 heteroatoms. The first-order valence-corrected chi connectivity index (χ1v) is 10.7. The zero-order chi connectivity index (χ0) is 27.6. The molecule has 0 aliphatic rings. The molecule has 0 unspecified atom stereocenters. The quantitative estimate of drug-likeness (QED) is 0.280. The summed E-state index contributed by atoms with van der Waals surface area (Å²) in [6, 6.07) is 8.73. The molecule has 11 nitrogen and oxygen atoms in total. The van der Waals surface area contributed by atoms with Crippen molar-refractivity contribution in [2.45, 2.75) is 19.2 Å². The lowest BCUT2D eigenvalue weighted by Gasteiger charge is -2.15. The van der Waals surface area contributed by atoms with Gasteiger partial charge in [0.1, 0.15) is 12.2 Å². The van der Waals surface area contributed by atoms with E-state index < -0.39 is 46.6 Å². The van der Waals surface area contributed by atoms with E-state index in [1.54, 1.807) is 0 Å². The monoisotopic (exact) mass is 530 g/mol. The molecule has 0 atom stereocenters. The van der Waals surface area contributed by atoms with Gasteiger partial charge in [-0.1, -0.05) is 12.1 Å². The Labute approximate surface area is 210 Å². The number of imidazole rings is 1. The van der Waals surface area contributed by atoms with Gasteiger partial charge in [-0.25, -0.2) is 14.6 Å². The number of carboxylic acid groups (broad SMARTS) is 2. The van der Waals surface area contributed by atoms with E-state index in [0.29, 0.717) is 17.3 Å². The number of nitrogens with one attached hydrogen (secondary N) is 2. The molecule has 0 bridgehead atoms. The first kappa shape index (κ1) is 25.9. The minimum absolute atomic E-state index is 0.0465. The highest BCUT2D eigenvalue weighted by Crippen LogP contribution is 2.36.